The van der Waals surface area contributed by atoms with Crippen molar-refractivity contribution in [1.29, 1.82) is 0 Å². The molecule has 0 unspecified atom stereocenters. The highest BCUT2D eigenvalue weighted by Crippen LogP contribution is 2.35. The molecule has 4 aromatic carbocycles. The fourth-order valence-electron chi connectivity index (χ4n) is 4.11. The van der Waals surface area contributed by atoms with Gasteiger partial charge >= 0.3 is 18.5 Å². The van der Waals surface area contributed by atoms with Crippen molar-refractivity contribution in [3.8, 4) is 33.8 Å². The lowest BCUT2D eigenvalue weighted by atomic mass is 9.97. The Morgan fingerprint density at radius 1 is 0.721 bits per heavy atom. The van der Waals surface area contributed by atoms with Crippen LogP contribution in [0.5, 0.6) is 11.5 Å². The molecule has 0 saturated carbocycles. The van der Waals surface area contributed by atoms with Gasteiger partial charge in [-0.2, -0.15) is 17.6 Å². The van der Waals surface area contributed by atoms with Crippen molar-refractivity contribution in [2.24, 2.45) is 0 Å². The molecule has 0 atom stereocenters. The summed E-state index contributed by atoms with van der Waals surface area (Å²) in [4.78, 5) is 12.4. The third kappa shape index (κ3) is 6.76. The third-order valence-electron chi connectivity index (χ3n) is 6.08. The molecule has 13 heteroatoms. The highest BCUT2D eigenvalue weighted by molar-refractivity contribution is 5.92. The Morgan fingerprint density at radius 3 is 1.79 bits per heavy atom. The summed E-state index contributed by atoms with van der Waals surface area (Å²) in [6, 6.07) is 9.22. The van der Waals surface area contributed by atoms with E-state index < -0.39 is 70.5 Å². The van der Waals surface area contributed by atoms with E-state index in [0.29, 0.717) is 18.6 Å². The molecule has 0 spiro atoms. The number of alkyl halides is 4. The van der Waals surface area contributed by atoms with Gasteiger partial charge in [0, 0.05) is 23.3 Å². The molecule has 43 heavy (non-hydrogen) atoms. The van der Waals surface area contributed by atoms with Crippen LogP contribution in [0.25, 0.3) is 22.3 Å². The molecule has 0 bridgehead atoms. The van der Waals surface area contributed by atoms with Crippen LogP contribution in [0.1, 0.15) is 29.3 Å². The lowest BCUT2D eigenvalue weighted by Gasteiger charge is -2.18. The SMILES string of the molecule is CCCc1ccc(-c2ccc(-c3cc(F)c(C(=O)Oc4cc(F)c(OC(F)(F)C(F)F)c(F)c4)c(F)c3)c(F)c2)c(F)c1. The molecule has 0 heterocycles. The molecule has 226 valence electrons. The van der Waals surface area contributed by atoms with Crippen LogP contribution < -0.4 is 9.47 Å². The Hall–Kier alpha value is -4.55. The largest absolute Gasteiger partial charge is 0.461 e. The first kappa shape index (κ1) is 31.4. The summed E-state index contributed by atoms with van der Waals surface area (Å²) >= 11 is 0. The number of hydrogen-bond donors (Lipinski definition) is 0. The summed E-state index contributed by atoms with van der Waals surface area (Å²) in [5.74, 6) is -13.5. The van der Waals surface area contributed by atoms with E-state index in [9.17, 15) is 48.7 Å². The standard InChI is InChI=1S/C30H18F10O3/c1-2-3-14-4-6-18(20(31)8-14)15-5-7-19(21(32)9-15)16-10-22(33)26(23(34)11-16)28(41)42-17-12-24(35)27(25(36)13-17)43-30(39,40)29(37)38/h4-13,29H,2-3H2,1H3. The molecule has 0 aromatic heterocycles. The van der Waals surface area contributed by atoms with Crippen LogP contribution in [-0.4, -0.2) is 18.5 Å². The van der Waals surface area contributed by atoms with Crippen LogP contribution in [0.3, 0.4) is 0 Å². The Bertz CT molecular complexity index is 1640. The predicted octanol–water partition coefficient (Wildman–Crippen LogP) is 9.26. The number of ether oxygens (including phenoxy) is 2. The van der Waals surface area contributed by atoms with Crippen LogP contribution in [0.2, 0.25) is 0 Å². The van der Waals surface area contributed by atoms with E-state index in [0.717, 1.165) is 24.1 Å². The number of halogens is 10. The van der Waals surface area contributed by atoms with E-state index in [-0.39, 0.29) is 34.4 Å². The number of carbonyl (C=O) groups excluding carboxylic acids is 1. The van der Waals surface area contributed by atoms with E-state index >= 15 is 0 Å². The molecule has 0 fully saturated rings. The second kappa shape index (κ2) is 12.4. The minimum Gasteiger partial charge on any atom is -0.423 e. The van der Waals surface area contributed by atoms with Gasteiger partial charge in [-0.3, -0.25) is 0 Å². The fourth-order valence-corrected chi connectivity index (χ4v) is 4.11. The zero-order valence-corrected chi connectivity index (χ0v) is 21.8. The third-order valence-corrected chi connectivity index (χ3v) is 6.08. The summed E-state index contributed by atoms with van der Waals surface area (Å²) in [5.41, 5.74) is -1.05. The second-order valence-electron chi connectivity index (χ2n) is 9.14. The van der Waals surface area contributed by atoms with Crippen molar-refractivity contribution in [2.45, 2.75) is 32.3 Å². The van der Waals surface area contributed by atoms with Crippen molar-refractivity contribution in [3.05, 3.63) is 107 Å². The van der Waals surface area contributed by atoms with Crippen LogP contribution >= 0.6 is 0 Å². The smallest absolute Gasteiger partial charge is 0.423 e. The minimum absolute atomic E-state index is 0.0825. The quantitative estimate of drug-likeness (QED) is 0.107. The summed E-state index contributed by atoms with van der Waals surface area (Å²) < 4.78 is 146. The van der Waals surface area contributed by atoms with Gasteiger partial charge in [-0.05, 0) is 47.4 Å². The Balaban J connectivity index is 1.58. The van der Waals surface area contributed by atoms with Crippen LogP contribution in [0.15, 0.2) is 60.7 Å². The number of aryl methyl sites for hydroxylation is 1. The van der Waals surface area contributed by atoms with Gasteiger partial charge in [-0.1, -0.05) is 37.6 Å². The highest BCUT2D eigenvalue weighted by atomic mass is 19.3. The second-order valence-corrected chi connectivity index (χ2v) is 9.14. The molecule has 0 aliphatic rings. The summed E-state index contributed by atoms with van der Waals surface area (Å²) in [6.45, 7) is 1.93. The van der Waals surface area contributed by atoms with Gasteiger partial charge in [0.25, 0.3) is 0 Å². The lowest BCUT2D eigenvalue weighted by Crippen LogP contribution is -2.34. The molecule has 3 nitrogen and oxygen atoms in total. The van der Waals surface area contributed by atoms with E-state index in [1.807, 2.05) is 6.92 Å². The van der Waals surface area contributed by atoms with Crippen molar-refractivity contribution < 1.29 is 58.2 Å². The predicted molar refractivity (Wildman–Crippen MR) is 134 cm³/mol. The summed E-state index contributed by atoms with van der Waals surface area (Å²) in [5, 5.41) is 0. The zero-order valence-electron chi connectivity index (χ0n) is 21.8. The molecular weight excluding hydrogens is 598 g/mol. The van der Waals surface area contributed by atoms with Crippen molar-refractivity contribution >= 4 is 5.97 Å². The number of esters is 1. The first-order valence-electron chi connectivity index (χ1n) is 12.4. The van der Waals surface area contributed by atoms with Gasteiger partial charge in [0.1, 0.15) is 34.6 Å². The summed E-state index contributed by atoms with van der Waals surface area (Å²) in [7, 11) is 0. The fraction of sp³-hybridized carbons (Fsp3) is 0.167. The molecule has 0 aliphatic carbocycles. The van der Waals surface area contributed by atoms with Gasteiger partial charge in [0.15, 0.2) is 17.4 Å². The van der Waals surface area contributed by atoms with E-state index in [2.05, 4.69) is 9.47 Å². The van der Waals surface area contributed by atoms with Gasteiger partial charge in [-0.25, -0.2) is 31.1 Å². The Kier molecular flexibility index (Phi) is 9.02. The number of carbonyl (C=O) groups is 1. The van der Waals surface area contributed by atoms with Gasteiger partial charge in [0.2, 0.25) is 0 Å². The molecule has 0 radical (unpaired) electrons. The number of benzene rings is 4. The van der Waals surface area contributed by atoms with Crippen molar-refractivity contribution in [2.75, 3.05) is 0 Å². The van der Waals surface area contributed by atoms with Crippen LogP contribution in [-0.2, 0) is 6.42 Å². The topological polar surface area (TPSA) is 35.5 Å². The molecule has 0 aliphatic heterocycles. The highest BCUT2D eigenvalue weighted by Gasteiger charge is 2.45. The first-order chi connectivity index (χ1) is 20.2. The lowest BCUT2D eigenvalue weighted by molar-refractivity contribution is -0.255. The van der Waals surface area contributed by atoms with Crippen molar-refractivity contribution in [3.63, 3.8) is 0 Å². The normalized spacial score (nSPS) is 11.6. The average molecular weight is 616 g/mol. The monoisotopic (exact) mass is 616 g/mol. The van der Waals surface area contributed by atoms with Gasteiger partial charge < -0.3 is 9.47 Å². The van der Waals surface area contributed by atoms with Crippen molar-refractivity contribution in [1.82, 2.24) is 0 Å². The summed E-state index contributed by atoms with van der Waals surface area (Å²) in [6.07, 6.45) is -8.26. The minimum atomic E-state index is -5.26. The maximum atomic E-state index is 15.0. The Morgan fingerprint density at radius 2 is 1.26 bits per heavy atom. The molecule has 0 N–H and O–H groups in total. The van der Waals surface area contributed by atoms with Gasteiger partial charge in [-0.15, -0.1) is 0 Å². The average Bonchev–Trinajstić information content (AvgIpc) is 2.90. The first-order valence-corrected chi connectivity index (χ1v) is 12.4. The Labute approximate surface area is 237 Å². The zero-order chi connectivity index (χ0) is 31.6. The number of rotatable bonds is 9. The van der Waals surface area contributed by atoms with E-state index in [1.54, 1.807) is 6.07 Å². The molecule has 4 rings (SSSR count). The van der Waals surface area contributed by atoms with Crippen LogP contribution in [0.4, 0.5) is 43.9 Å². The van der Waals surface area contributed by atoms with E-state index in [4.69, 9.17) is 0 Å². The van der Waals surface area contributed by atoms with Crippen LogP contribution in [0, 0.1) is 34.9 Å². The molecule has 0 amide bonds. The van der Waals surface area contributed by atoms with E-state index in [1.165, 1.54) is 18.2 Å². The molecule has 0 saturated heterocycles. The molecule has 4 aromatic rings. The maximum Gasteiger partial charge on any atom is 0.461 e. The molecular formula is C30H18F10O3. The number of hydrogen-bond acceptors (Lipinski definition) is 3. The maximum absolute atomic E-state index is 15.0. The van der Waals surface area contributed by atoms with Gasteiger partial charge in [0.05, 0.1) is 0 Å².